The fraction of sp³-hybridized carbons (Fsp3) is 0.353. The lowest BCUT2D eigenvalue weighted by molar-refractivity contribution is 0.767. The smallest absolute Gasteiger partial charge is 0.220 e. The fourth-order valence-corrected chi connectivity index (χ4v) is 3.23. The second-order valence-electron chi connectivity index (χ2n) is 5.10. The average molecular weight is 329 g/mol. The molecule has 23 heavy (non-hydrogen) atoms. The van der Waals surface area contributed by atoms with Crippen molar-refractivity contribution in [1.29, 1.82) is 0 Å². The highest BCUT2D eigenvalue weighted by Gasteiger charge is 2.19. The van der Waals surface area contributed by atoms with Gasteiger partial charge < -0.3 is 5.73 Å². The molecule has 0 radical (unpaired) electrons. The highest BCUT2D eigenvalue weighted by atomic mass is 32.1. The number of nitrogen functional groups attached to an aromatic ring is 1. The average Bonchev–Trinajstić information content (AvgIpc) is 3.17. The maximum atomic E-state index is 5.77. The van der Waals surface area contributed by atoms with Crippen LogP contribution >= 0.6 is 11.3 Å². The summed E-state index contributed by atoms with van der Waals surface area (Å²) in [4.78, 5) is 9.77. The Hall–Kier alpha value is -2.21. The SMILES string of the molecule is CC.Cc1cc(-c2nn(C)cc2C(C)c2cccs2)nc(N)n1. The fourth-order valence-electron chi connectivity index (χ4n) is 2.43. The molecular weight excluding hydrogens is 306 g/mol. The lowest BCUT2D eigenvalue weighted by Crippen LogP contribution is -2.01. The van der Waals surface area contributed by atoms with E-state index < -0.39 is 0 Å². The highest BCUT2D eigenvalue weighted by molar-refractivity contribution is 7.10. The first-order chi connectivity index (χ1) is 11.0. The minimum absolute atomic E-state index is 0.269. The molecule has 2 N–H and O–H groups in total. The van der Waals surface area contributed by atoms with Gasteiger partial charge in [0.05, 0.1) is 5.69 Å². The summed E-state index contributed by atoms with van der Waals surface area (Å²) in [6, 6.07) is 6.13. The minimum Gasteiger partial charge on any atom is -0.368 e. The molecule has 3 aromatic rings. The van der Waals surface area contributed by atoms with E-state index in [0.29, 0.717) is 0 Å². The van der Waals surface area contributed by atoms with Gasteiger partial charge in [0.2, 0.25) is 5.95 Å². The van der Waals surface area contributed by atoms with Gasteiger partial charge in [-0.05, 0) is 24.4 Å². The molecule has 3 aromatic heterocycles. The number of thiophene rings is 1. The Bertz CT molecular complexity index is 741. The summed E-state index contributed by atoms with van der Waals surface area (Å²) in [7, 11) is 1.92. The molecule has 0 aliphatic carbocycles. The zero-order valence-corrected chi connectivity index (χ0v) is 15.1. The van der Waals surface area contributed by atoms with Crippen LogP contribution in [0.25, 0.3) is 11.4 Å². The summed E-state index contributed by atoms with van der Waals surface area (Å²) in [6.45, 7) is 8.09. The number of hydrogen-bond donors (Lipinski definition) is 1. The van der Waals surface area contributed by atoms with Gasteiger partial charge in [0.25, 0.3) is 0 Å². The number of rotatable bonds is 3. The normalized spacial score (nSPS) is 11.7. The van der Waals surface area contributed by atoms with Gasteiger partial charge in [-0.2, -0.15) is 5.10 Å². The first-order valence-electron chi connectivity index (χ1n) is 7.73. The summed E-state index contributed by atoms with van der Waals surface area (Å²) >= 11 is 1.75. The number of hydrogen-bond acceptors (Lipinski definition) is 5. The molecule has 3 rings (SSSR count). The molecule has 1 atom stereocenters. The number of nitrogens with zero attached hydrogens (tertiary/aromatic N) is 4. The first-order valence-corrected chi connectivity index (χ1v) is 8.61. The molecule has 6 heteroatoms. The van der Waals surface area contributed by atoms with E-state index in [1.807, 2.05) is 44.8 Å². The molecular formula is C17H23N5S. The lowest BCUT2D eigenvalue weighted by Gasteiger charge is -2.09. The van der Waals surface area contributed by atoms with Gasteiger partial charge in [0.15, 0.2) is 0 Å². The summed E-state index contributed by atoms with van der Waals surface area (Å²) < 4.78 is 1.82. The second-order valence-corrected chi connectivity index (χ2v) is 6.08. The van der Waals surface area contributed by atoms with Gasteiger partial charge in [-0.1, -0.05) is 26.8 Å². The Balaban J connectivity index is 0.000000924. The molecule has 0 aliphatic rings. The zero-order chi connectivity index (χ0) is 17.0. The van der Waals surface area contributed by atoms with E-state index in [0.717, 1.165) is 22.6 Å². The molecule has 0 saturated heterocycles. The number of aryl methyl sites for hydroxylation is 2. The van der Waals surface area contributed by atoms with Crippen LogP contribution in [0.2, 0.25) is 0 Å². The maximum absolute atomic E-state index is 5.77. The van der Waals surface area contributed by atoms with Crippen molar-refractivity contribution in [3.63, 3.8) is 0 Å². The molecule has 1 unspecified atom stereocenters. The third-order valence-electron chi connectivity index (χ3n) is 3.41. The van der Waals surface area contributed by atoms with Crippen molar-refractivity contribution in [2.45, 2.75) is 33.6 Å². The molecule has 0 aliphatic heterocycles. The molecule has 0 fully saturated rings. The van der Waals surface area contributed by atoms with E-state index in [2.05, 4.69) is 39.5 Å². The minimum atomic E-state index is 0.269. The van der Waals surface area contributed by atoms with Gasteiger partial charge in [-0.25, -0.2) is 9.97 Å². The highest BCUT2D eigenvalue weighted by Crippen LogP contribution is 2.33. The Morgan fingerprint density at radius 1 is 1.26 bits per heavy atom. The van der Waals surface area contributed by atoms with Crippen molar-refractivity contribution in [2.75, 3.05) is 5.73 Å². The Kier molecular flexibility index (Phi) is 5.50. The van der Waals surface area contributed by atoms with Crippen molar-refractivity contribution in [1.82, 2.24) is 19.7 Å². The topological polar surface area (TPSA) is 69.6 Å². The summed E-state index contributed by atoms with van der Waals surface area (Å²) in [6.07, 6.45) is 2.05. The standard InChI is InChI=1S/C15H17N5S.C2H6/c1-9-7-12(18-15(16)17-9)14-11(8-20(3)19-14)10(2)13-5-4-6-21-13;1-2/h4-8,10H,1-3H3,(H2,16,17,18);1-2H3. The van der Waals surface area contributed by atoms with Crippen LogP contribution in [0.3, 0.4) is 0 Å². The van der Waals surface area contributed by atoms with Crippen molar-refractivity contribution in [3.8, 4) is 11.4 Å². The Labute approximate surface area is 141 Å². The van der Waals surface area contributed by atoms with Gasteiger partial charge in [-0.15, -0.1) is 11.3 Å². The largest absolute Gasteiger partial charge is 0.368 e. The van der Waals surface area contributed by atoms with E-state index in [-0.39, 0.29) is 11.9 Å². The van der Waals surface area contributed by atoms with Crippen LogP contribution in [0.4, 0.5) is 5.95 Å². The van der Waals surface area contributed by atoms with Crippen molar-refractivity contribution >= 4 is 17.3 Å². The molecule has 0 amide bonds. The zero-order valence-electron chi connectivity index (χ0n) is 14.2. The number of anilines is 1. The van der Waals surface area contributed by atoms with Crippen LogP contribution in [0, 0.1) is 6.92 Å². The first kappa shape index (κ1) is 17.1. The van der Waals surface area contributed by atoms with E-state index >= 15 is 0 Å². The third-order valence-corrected chi connectivity index (χ3v) is 4.46. The summed E-state index contributed by atoms with van der Waals surface area (Å²) in [5.41, 5.74) is 9.41. The summed E-state index contributed by atoms with van der Waals surface area (Å²) in [5, 5.41) is 6.66. The molecule has 3 heterocycles. The Morgan fingerprint density at radius 3 is 2.61 bits per heavy atom. The van der Waals surface area contributed by atoms with Gasteiger partial charge >= 0.3 is 0 Å². The quantitative estimate of drug-likeness (QED) is 0.788. The van der Waals surface area contributed by atoms with Crippen molar-refractivity contribution in [2.24, 2.45) is 7.05 Å². The predicted octanol–water partition coefficient (Wildman–Crippen LogP) is 4.01. The van der Waals surface area contributed by atoms with Crippen molar-refractivity contribution in [3.05, 3.63) is 45.9 Å². The van der Waals surface area contributed by atoms with E-state index in [9.17, 15) is 0 Å². The van der Waals surface area contributed by atoms with E-state index in [1.54, 1.807) is 11.3 Å². The number of nitrogens with two attached hydrogens (primary N) is 1. The van der Waals surface area contributed by atoms with Crippen LogP contribution in [0.15, 0.2) is 29.8 Å². The molecule has 0 bridgehead atoms. The molecule has 0 saturated carbocycles. The third kappa shape index (κ3) is 3.76. The maximum Gasteiger partial charge on any atom is 0.220 e. The van der Waals surface area contributed by atoms with Crippen LogP contribution < -0.4 is 5.73 Å². The molecule has 0 spiro atoms. The van der Waals surface area contributed by atoms with Crippen LogP contribution in [-0.4, -0.2) is 19.7 Å². The second kappa shape index (κ2) is 7.37. The van der Waals surface area contributed by atoms with E-state index in [4.69, 9.17) is 5.73 Å². The lowest BCUT2D eigenvalue weighted by atomic mass is 9.98. The number of aromatic nitrogens is 4. The molecule has 0 aromatic carbocycles. The molecule has 122 valence electrons. The van der Waals surface area contributed by atoms with Gasteiger partial charge in [-0.3, -0.25) is 4.68 Å². The van der Waals surface area contributed by atoms with Crippen molar-refractivity contribution < 1.29 is 0 Å². The summed E-state index contributed by atoms with van der Waals surface area (Å²) in [5.74, 6) is 0.551. The van der Waals surface area contributed by atoms with Crippen LogP contribution in [0.1, 0.15) is 42.8 Å². The molecule has 5 nitrogen and oxygen atoms in total. The van der Waals surface area contributed by atoms with Crippen LogP contribution in [-0.2, 0) is 7.05 Å². The van der Waals surface area contributed by atoms with E-state index in [1.165, 1.54) is 4.88 Å². The Morgan fingerprint density at radius 2 is 2.00 bits per heavy atom. The van der Waals surface area contributed by atoms with Gasteiger partial charge in [0, 0.05) is 35.3 Å². The van der Waals surface area contributed by atoms with Crippen LogP contribution in [0.5, 0.6) is 0 Å². The predicted molar refractivity (Wildman–Crippen MR) is 96.6 cm³/mol. The monoisotopic (exact) mass is 329 g/mol. The van der Waals surface area contributed by atoms with Gasteiger partial charge in [0.1, 0.15) is 5.69 Å².